The van der Waals surface area contributed by atoms with Gasteiger partial charge >= 0.3 is 10.4 Å². The molecule has 1 N–H and O–H groups in total. The summed E-state index contributed by atoms with van der Waals surface area (Å²) < 4.78 is 46.4. The molecule has 6 nitrogen and oxygen atoms in total. The molecule has 0 amide bonds. The molecule has 158 valence electrons. The second-order valence-electron chi connectivity index (χ2n) is 7.78. The van der Waals surface area contributed by atoms with E-state index in [9.17, 15) is 8.42 Å². The molecule has 0 rings (SSSR count). The normalized spacial score (nSPS) is 12.6. The number of hydrogen-bond acceptors (Lipinski definition) is 5. The average molecular weight is 397 g/mol. The van der Waals surface area contributed by atoms with Crippen LogP contribution in [0.4, 0.5) is 0 Å². The van der Waals surface area contributed by atoms with E-state index in [0.717, 1.165) is 25.7 Å². The lowest BCUT2D eigenvalue weighted by Gasteiger charge is -2.16. The summed E-state index contributed by atoms with van der Waals surface area (Å²) in [6.07, 6.45) is 8.00. The van der Waals surface area contributed by atoms with E-state index in [-0.39, 0.29) is 13.2 Å². The van der Waals surface area contributed by atoms with Gasteiger partial charge in [0.25, 0.3) is 0 Å². The van der Waals surface area contributed by atoms with E-state index in [1.807, 2.05) is 0 Å². The summed E-state index contributed by atoms with van der Waals surface area (Å²) in [5.74, 6) is 1.43. The largest absolute Gasteiger partial charge is 0.397 e. The van der Waals surface area contributed by atoms with Gasteiger partial charge in [0.05, 0.1) is 13.2 Å². The van der Waals surface area contributed by atoms with Crippen molar-refractivity contribution in [2.45, 2.75) is 85.2 Å². The Bertz CT molecular complexity index is 386. The fraction of sp³-hybridized carbons (Fsp3) is 1.00. The van der Waals surface area contributed by atoms with Crippen molar-refractivity contribution >= 4 is 10.4 Å². The van der Waals surface area contributed by atoms with Crippen LogP contribution in [0.3, 0.4) is 0 Å². The minimum absolute atomic E-state index is 0.0946. The van der Waals surface area contributed by atoms with Crippen molar-refractivity contribution in [1.29, 1.82) is 0 Å². The van der Waals surface area contributed by atoms with Crippen LogP contribution < -0.4 is 0 Å². The number of hydrogen-bond donors (Lipinski definition) is 1. The van der Waals surface area contributed by atoms with Crippen LogP contribution in [0.2, 0.25) is 0 Å². The summed E-state index contributed by atoms with van der Waals surface area (Å²) in [5.41, 5.74) is 0. The van der Waals surface area contributed by atoms with Gasteiger partial charge < -0.3 is 9.47 Å². The van der Waals surface area contributed by atoms with Crippen molar-refractivity contribution in [3.63, 3.8) is 0 Å². The van der Waals surface area contributed by atoms with Crippen LogP contribution in [0, 0.1) is 11.8 Å². The highest BCUT2D eigenvalue weighted by Crippen LogP contribution is 2.10. The Morgan fingerprint density at radius 3 is 1.50 bits per heavy atom. The van der Waals surface area contributed by atoms with Crippen molar-refractivity contribution in [2.75, 3.05) is 26.4 Å². The lowest BCUT2D eigenvalue weighted by Crippen LogP contribution is -2.28. The molecule has 0 fully saturated rings. The third-order valence-electron chi connectivity index (χ3n) is 4.01. The van der Waals surface area contributed by atoms with Crippen molar-refractivity contribution in [1.82, 2.24) is 0 Å². The smallest absolute Gasteiger partial charge is 0.379 e. The molecule has 0 unspecified atom stereocenters. The summed E-state index contributed by atoms with van der Waals surface area (Å²) >= 11 is 0. The lowest BCUT2D eigenvalue weighted by molar-refractivity contribution is -0.00948. The molecule has 0 heterocycles. The molecule has 0 radical (unpaired) electrons. The first kappa shape index (κ1) is 25.8. The summed E-state index contributed by atoms with van der Waals surface area (Å²) in [6, 6.07) is 0. The molecule has 0 aromatic rings. The molecule has 0 aromatic heterocycles. The average Bonchev–Trinajstić information content (AvgIpc) is 2.50. The summed E-state index contributed by atoms with van der Waals surface area (Å²) in [4.78, 5) is 0. The van der Waals surface area contributed by atoms with Gasteiger partial charge in [-0.3, -0.25) is 4.55 Å². The van der Waals surface area contributed by atoms with Gasteiger partial charge in [0.2, 0.25) is 0 Å². The molecule has 0 aliphatic carbocycles. The molecule has 7 heteroatoms. The number of rotatable bonds is 18. The number of ether oxygens (including phenoxy) is 2. The van der Waals surface area contributed by atoms with Crippen LogP contribution in [0.25, 0.3) is 0 Å². The number of unbranched alkanes of at least 4 members (excludes halogenated alkanes) is 4. The Balaban J connectivity index is 3.84. The monoisotopic (exact) mass is 396 g/mol. The standard InChI is InChI=1S/C19H40O6S/c1-17(2)11-7-5-9-13-23-15-19(25-26(20,21)22)16-24-14-10-6-8-12-18(3)4/h17-19H,5-16H2,1-4H3,(H,20,21,22). The van der Waals surface area contributed by atoms with Gasteiger partial charge in [0.1, 0.15) is 6.10 Å². The first-order valence-corrected chi connectivity index (χ1v) is 11.4. The lowest BCUT2D eigenvalue weighted by atomic mass is 10.1. The van der Waals surface area contributed by atoms with E-state index in [4.69, 9.17) is 14.0 Å². The molecule has 26 heavy (non-hydrogen) atoms. The van der Waals surface area contributed by atoms with Gasteiger partial charge in [0, 0.05) is 13.2 Å². The second-order valence-corrected chi connectivity index (χ2v) is 8.83. The molecule has 0 atom stereocenters. The van der Waals surface area contributed by atoms with Gasteiger partial charge in [-0.25, -0.2) is 4.18 Å². The zero-order valence-corrected chi connectivity index (χ0v) is 17.9. The van der Waals surface area contributed by atoms with Crippen LogP contribution in [0.15, 0.2) is 0 Å². The van der Waals surface area contributed by atoms with Crippen LogP contribution in [-0.2, 0) is 24.1 Å². The minimum atomic E-state index is -4.51. The zero-order chi connectivity index (χ0) is 19.8. The first-order valence-electron chi connectivity index (χ1n) is 10.0. The van der Waals surface area contributed by atoms with E-state index in [1.165, 1.54) is 25.7 Å². The van der Waals surface area contributed by atoms with E-state index >= 15 is 0 Å². The molecular weight excluding hydrogens is 356 g/mol. The quantitative estimate of drug-likeness (QED) is 0.268. The Labute approximate surface area is 160 Å². The van der Waals surface area contributed by atoms with Crippen molar-refractivity contribution in [2.24, 2.45) is 11.8 Å². The summed E-state index contributed by atoms with van der Waals surface area (Å²) in [6.45, 7) is 10.1. The molecule has 0 saturated carbocycles. The summed E-state index contributed by atoms with van der Waals surface area (Å²) in [5, 5.41) is 0. The topological polar surface area (TPSA) is 82.1 Å². The van der Waals surface area contributed by atoms with Crippen LogP contribution in [0.5, 0.6) is 0 Å². The van der Waals surface area contributed by atoms with E-state index in [2.05, 4.69) is 31.9 Å². The fourth-order valence-electron chi connectivity index (χ4n) is 2.57. The fourth-order valence-corrected chi connectivity index (χ4v) is 3.03. The Morgan fingerprint density at radius 2 is 1.15 bits per heavy atom. The molecule has 0 spiro atoms. The SMILES string of the molecule is CC(C)CCCCCOCC(COCCCCCC(C)C)OS(=O)(=O)O. The van der Waals surface area contributed by atoms with Gasteiger partial charge in [-0.1, -0.05) is 66.2 Å². The second kappa shape index (κ2) is 15.8. The molecular formula is C19H40O6S. The molecule has 0 aliphatic heterocycles. The van der Waals surface area contributed by atoms with Gasteiger partial charge in [-0.15, -0.1) is 0 Å². The Morgan fingerprint density at radius 1 is 0.731 bits per heavy atom. The third kappa shape index (κ3) is 20.1. The maximum absolute atomic E-state index is 10.9. The van der Waals surface area contributed by atoms with Crippen molar-refractivity contribution in [3.05, 3.63) is 0 Å². The molecule has 0 bridgehead atoms. The predicted molar refractivity (Wildman–Crippen MR) is 105 cm³/mol. The van der Waals surface area contributed by atoms with E-state index < -0.39 is 16.5 Å². The highest BCUT2D eigenvalue weighted by molar-refractivity contribution is 7.80. The van der Waals surface area contributed by atoms with E-state index in [1.54, 1.807) is 0 Å². The van der Waals surface area contributed by atoms with Crippen LogP contribution in [-0.4, -0.2) is 45.5 Å². The highest BCUT2D eigenvalue weighted by atomic mass is 32.3. The van der Waals surface area contributed by atoms with Crippen molar-refractivity contribution in [3.8, 4) is 0 Å². The maximum atomic E-state index is 10.9. The van der Waals surface area contributed by atoms with Gasteiger partial charge in [-0.2, -0.15) is 8.42 Å². The third-order valence-corrected chi connectivity index (χ3v) is 4.52. The molecule has 0 aromatic carbocycles. The zero-order valence-electron chi connectivity index (χ0n) is 17.1. The first-order chi connectivity index (χ1) is 12.2. The maximum Gasteiger partial charge on any atom is 0.397 e. The highest BCUT2D eigenvalue weighted by Gasteiger charge is 2.18. The van der Waals surface area contributed by atoms with E-state index in [0.29, 0.717) is 25.0 Å². The molecule has 0 aliphatic rings. The van der Waals surface area contributed by atoms with Crippen LogP contribution in [0.1, 0.15) is 79.1 Å². The van der Waals surface area contributed by atoms with Crippen LogP contribution >= 0.6 is 0 Å². The van der Waals surface area contributed by atoms with Crippen molar-refractivity contribution < 1.29 is 26.6 Å². The molecule has 0 saturated heterocycles. The summed E-state index contributed by atoms with van der Waals surface area (Å²) in [7, 11) is -4.51. The minimum Gasteiger partial charge on any atom is -0.379 e. The Hall–Kier alpha value is -0.210. The van der Waals surface area contributed by atoms with Gasteiger partial charge in [-0.05, 0) is 24.7 Å². The van der Waals surface area contributed by atoms with Gasteiger partial charge in [0.15, 0.2) is 0 Å². The Kier molecular flexibility index (Phi) is 15.7. The predicted octanol–water partition coefficient (Wildman–Crippen LogP) is 4.64.